The van der Waals surface area contributed by atoms with E-state index in [-0.39, 0.29) is 12.3 Å². The molecule has 1 amide bonds. The van der Waals surface area contributed by atoms with Crippen LogP contribution in [0.15, 0.2) is 108 Å². The molecule has 0 saturated carbocycles. The molecule has 0 saturated heterocycles. The topological polar surface area (TPSA) is 77.0 Å². The van der Waals surface area contributed by atoms with Gasteiger partial charge in [0.2, 0.25) is 5.91 Å². The van der Waals surface area contributed by atoms with Crippen molar-refractivity contribution in [2.24, 2.45) is 5.10 Å². The van der Waals surface area contributed by atoms with Crippen molar-refractivity contribution in [3.05, 3.63) is 120 Å². The lowest BCUT2D eigenvalue weighted by Crippen LogP contribution is -2.20. The van der Waals surface area contributed by atoms with E-state index in [0.717, 1.165) is 27.1 Å². The van der Waals surface area contributed by atoms with Crippen molar-refractivity contribution in [1.82, 2.24) is 5.43 Å². The van der Waals surface area contributed by atoms with Crippen LogP contribution in [0.1, 0.15) is 21.5 Å². The number of hydrogen-bond acceptors (Lipinski definition) is 5. The fourth-order valence-corrected chi connectivity index (χ4v) is 4.21. The van der Waals surface area contributed by atoms with Gasteiger partial charge in [0.1, 0.15) is 11.5 Å². The summed E-state index contributed by atoms with van der Waals surface area (Å²) in [5.74, 6) is 0.234. The van der Waals surface area contributed by atoms with E-state index in [4.69, 9.17) is 9.47 Å². The zero-order valence-electron chi connectivity index (χ0n) is 20.2. The summed E-state index contributed by atoms with van der Waals surface area (Å²) in [5, 5.41) is 8.11. The standard InChI is InChI=1S/C31H24N2O4/c1-36-25-16-13-23(14-17-25)31(35)37-29-18-15-22-8-3-5-12-27(22)28(29)20-32-33-30(34)19-24-10-6-9-21-7-2-4-11-26(21)24/h2-18,20H,19H2,1H3,(H,33,34)/b32-20+. The summed E-state index contributed by atoms with van der Waals surface area (Å²) in [5.41, 5.74) is 4.51. The van der Waals surface area contributed by atoms with Crippen LogP contribution in [0.25, 0.3) is 21.5 Å². The molecular weight excluding hydrogens is 464 g/mol. The van der Waals surface area contributed by atoms with E-state index in [2.05, 4.69) is 10.5 Å². The number of esters is 1. The van der Waals surface area contributed by atoms with Gasteiger partial charge in [-0.3, -0.25) is 4.79 Å². The van der Waals surface area contributed by atoms with Crippen molar-refractivity contribution in [1.29, 1.82) is 0 Å². The number of methoxy groups -OCH3 is 1. The monoisotopic (exact) mass is 488 g/mol. The van der Waals surface area contributed by atoms with Gasteiger partial charge in [-0.15, -0.1) is 0 Å². The molecule has 0 fully saturated rings. The number of benzene rings is 5. The van der Waals surface area contributed by atoms with E-state index in [1.165, 1.54) is 6.21 Å². The van der Waals surface area contributed by atoms with Crippen molar-refractivity contribution >= 4 is 39.6 Å². The van der Waals surface area contributed by atoms with Crippen LogP contribution in [0.2, 0.25) is 0 Å². The molecule has 0 aromatic heterocycles. The summed E-state index contributed by atoms with van der Waals surface area (Å²) in [6, 6.07) is 31.8. The minimum Gasteiger partial charge on any atom is -0.497 e. The highest BCUT2D eigenvalue weighted by Crippen LogP contribution is 2.28. The lowest BCUT2D eigenvalue weighted by molar-refractivity contribution is -0.120. The molecule has 5 aromatic rings. The quantitative estimate of drug-likeness (QED) is 0.134. The van der Waals surface area contributed by atoms with E-state index in [0.29, 0.717) is 22.6 Å². The van der Waals surface area contributed by atoms with Gasteiger partial charge in [-0.1, -0.05) is 72.8 Å². The van der Waals surface area contributed by atoms with Crippen molar-refractivity contribution < 1.29 is 19.1 Å². The molecule has 0 heterocycles. The second kappa shape index (κ2) is 10.7. The van der Waals surface area contributed by atoms with Crippen LogP contribution in [-0.4, -0.2) is 25.2 Å². The molecule has 5 aromatic carbocycles. The zero-order chi connectivity index (χ0) is 25.6. The predicted molar refractivity (Wildman–Crippen MR) is 145 cm³/mol. The van der Waals surface area contributed by atoms with Crippen molar-refractivity contribution in [3.8, 4) is 11.5 Å². The Balaban J connectivity index is 1.37. The lowest BCUT2D eigenvalue weighted by Gasteiger charge is -2.11. The van der Waals surface area contributed by atoms with Gasteiger partial charge in [0.15, 0.2) is 0 Å². The fraction of sp³-hybridized carbons (Fsp3) is 0.0645. The Morgan fingerprint density at radius 1 is 0.784 bits per heavy atom. The van der Waals surface area contributed by atoms with Crippen molar-refractivity contribution in [2.75, 3.05) is 7.11 Å². The van der Waals surface area contributed by atoms with Gasteiger partial charge in [0.05, 0.1) is 25.3 Å². The minimum atomic E-state index is -0.507. The summed E-state index contributed by atoms with van der Waals surface area (Å²) in [7, 11) is 1.56. The molecule has 0 radical (unpaired) electrons. The molecule has 0 aliphatic carbocycles. The van der Waals surface area contributed by atoms with Crippen LogP contribution >= 0.6 is 0 Å². The summed E-state index contributed by atoms with van der Waals surface area (Å²) in [6.45, 7) is 0. The van der Waals surface area contributed by atoms with Gasteiger partial charge in [-0.05, 0) is 57.4 Å². The Bertz CT molecular complexity index is 1620. The molecule has 37 heavy (non-hydrogen) atoms. The molecule has 0 atom stereocenters. The predicted octanol–water partition coefficient (Wildman–Crippen LogP) is 5.91. The second-order valence-electron chi connectivity index (χ2n) is 8.42. The molecular formula is C31H24N2O4. The summed E-state index contributed by atoms with van der Waals surface area (Å²) >= 11 is 0. The zero-order valence-corrected chi connectivity index (χ0v) is 20.2. The Kier molecular flexibility index (Phi) is 6.90. The number of carbonyl (C=O) groups is 2. The van der Waals surface area contributed by atoms with Gasteiger partial charge >= 0.3 is 5.97 Å². The molecule has 6 nitrogen and oxygen atoms in total. The van der Waals surface area contributed by atoms with Gasteiger partial charge < -0.3 is 9.47 Å². The SMILES string of the molecule is COc1ccc(C(=O)Oc2ccc3ccccc3c2/C=N/NC(=O)Cc2cccc3ccccc23)cc1. The van der Waals surface area contributed by atoms with Crippen LogP contribution < -0.4 is 14.9 Å². The third-order valence-corrected chi connectivity index (χ3v) is 6.07. The molecule has 1 N–H and O–H groups in total. The first-order chi connectivity index (χ1) is 18.1. The Hall–Kier alpha value is -4.97. The van der Waals surface area contributed by atoms with Crippen molar-refractivity contribution in [2.45, 2.75) is 6.42 Å². The van der Waals surface area contributed by atoms with Crippen LogP contribution in [0, 0.1) is 0 Å². The van der Waals surface area contributed by atoms with Crippen molar-refractivity contribution in [3.63, 3.8) is 0 Å². The van der Waals surface area contributed by atoms with E-state index < -0.39 is 5.97 Å². The maximum Gasteiger partial charge on any atom is 0.343 e. The molecule has 0 unspecified atom stereocenters. The fourth-order valence-electron chi connectivity index (χ4n) is 4.21. The number of hydrogen-bond donors (Lipinski definition) is 1. The molecule has 0 aliphatic heterocycles. The lowest BCUT2D eigenvalue weighted by atomic mass is 10.0. The third-order valence-electron chi connectivity index (χ3n) is 6.07. The molecule has 0 aliphatic rings. The number of amides is 1. The number of hydrazone groups is 1. The minimum absolute atomic E-state index is 0.188. The van der Waals surface area contributed by atoms with Gasteiger partial charge in [0, 0.05) is 5.56 Å². The highest BCUT2D eigenvalue weighted by Gasteiger charge is 2.14. The Morgan fingerprint density at radius 2 is 1.46 bits per heavy atom. The average Bonchev–Trinajstić information content (AvgIpc) is 2.94. The van der Waals surface area contributed by atoms with Crippen LogP contribution in [0.3, 0.4) is 0 Å². The first kappa shape index (κ1) is 23.8. The molecule has 6 heteroatoms. The Morgan fingerprint density at radius 3 is 2.22 bits per heavy atom. The number of fused-ring (bicyclic) bond motifs is 2. The summed E-state index contributed by atoms with van der Waals surface area (Å²) in [6.07, 6.45) is 1.70. The third kappa shape index (κ3) is 5.33. The van der Waals surface area contributed by atoms with E-state index >= 15 is 0 Å². The number of rotatable bonds is 7. The van der Waals surface area contributed by atoms with Gasteiger partial charge in [-0.25, -0.2) is 10.2 Å². The molecule has 182 valence electrons. The first-order valence-electron chi connectivity index (χ1n) is 11.8. The number of ether oxygens (including phenoxy) is 2. The van der Waals surface area contributed by atoms with E-state index in [9.17, 15) is 9.59 Å². The smallest absolute Gasteiger partial charge is 0.343 e. The van der Waals surface area contributed by atoms with E-state index in [1.807, 2.05) is 72.8 Å². The second-order valence-corrected chi connectivity index (χ2v) is 8.42. The average molecular weight is 489 g/mol. The number of nitrogens with zero attached hydrogens (tertiary/aromatic N) is 1. The summed E-state index contributed by atoms with van der Waals surface area (Å²) in [4.78, 5) is 25.5. The van der Waals surface area contributed by atoms with Crippen LogP contribution in [0.4, 0.5) is 0 Å². The molecule has 0 bridgehead atoms. The van der Waals surface area contributed by atoms with Gasteiger partial charge in [0.25, 0.3) is 0 Å². The maximum absolute atomic E-state index is 12.8. The number of carbonyl (C=O) groups excluding carboxylic acids is 2. The first-order valence-corrected chi connectivity index (χ1v) is 11.8. The Labute approximate surface area is 214 Å². The summed E-state index contributed by atoms with van der Waals surface area (Å²) < 4.78 is 10.9. The highest BCUT2D eigenvalue weighted by molar-refractivity contribution is 6.04. The molecule has 5 rings (SSSR count). The molecule has 0 spiro atoms. The maximum atomic E-state index is 12.8. The number of nitrogens with one attached hydrogen (secondary N) is 1. The van der Waals surface area contributed by atoms with Crippen LogP contribution in [-0.2, 0) is 11.2 Å². The van der Waals surface area contributed by atoms with E-state index in [1.54, 1.807) is 37.4 Å². The largest absolute Gasteiger partial charge is 0.497 e. The van der Waals surface area contributed by atoms with Gasteiger partial charge in [-0.2, -0.15) is 5.10 Å². The highest BCUT2D eigenvalue weighted by atomic mass is 16.5. The normalized spacial score (nSPS) is 11.1. The van der Waals surface area contributed by atoms with Crippen LogP contribution in [0.5, 0.6) is 11.5 Å².